The van der Waals surface area contributed by atoms with Gasteiger partial charge in [0, 0.05) is 12.3 Å². The molecular formula is C20H27F7O3. The highest BCUT2D eigenvalue weighted by Gasteiger charge is 2.73. The normalized spacial score (nSPS) is 34.0. The van der Waals surface area contributed by atoms with Gasteiger partial charge in [0.1, 0.15) is 5.60 Å². The maximum absolute atomic E-state index is 14.9. The van der Waals surface area contributed by atoms with Crippen molar-refractivity contribution in [2.75, 3.05) is 0 Å². The fourth-order valence-electron chi connectivity index (χ4n) is 6.39. The molecule has 4 fully saturated rings. The second-order valence-electron chi connectivity index (χ2n) is 10.2. The minimum atomic E-state index is -6.21. The van der Waals surface area contributed by atoms with E-state index in [1.54, 1.807) is 0 Å². The van der Waals surface area contributed by atoms with Crippen LogP contribution in [0.25, 0.3) is 0 Å². The SMILES string of the molecule is CC(F)(CC(O)(C(F)(F)F)C(F)(F)F)C(=O)OC(C)(C)C1C2CC3CC(C2)CC1C3. The molecule has 0 heterocycles. The van der Waals surface area contributed by atoms with Gasteiger partial charge in [-0.05, 0) is 76.5 Å². The summed E-state index contributed by atoms with van der Waals surface area (Å²) < 4.78 is 97.7. The number of ether oxygens (including phenoxy) is 1. The molecular weight excluding hydrogens is 421 g/mol. The number of alkyl halides is 7. The third-order valence-corrected chi connectivity index (χ3v) is 7.34. The van der Waals surface area contributed by atoms with Crippen LogP contribution in [-0.2, 0) is 9.53 Å². The second kappa shape index (κ2) is 6.97. The molecule has 10 heteroatoms. The van der Waals surface area contributed by atoms with Gasteiger partial charge in [-0.25, -0.2) is 9.18 Å². The van der Waals surface area contributed by atoms with Gasteiger partial charge >= 0.3 is 18.3 Å². The summed E-state index contributed by atoms with van der Waals surface area (Å²) in [5.74, 6) is -0.303. The molecule has 4 saturated carbocycles. The first-order valence-electron chi connectivity index (χ1n) is 10.2. The van der Waals surface area contributed by atoms with Crippen LogP contribution in [0, 0.1) is 29.6 Å². The van der Waals surface area contributed by atoms with Crippen LogP contribution in [-0.4, -0.2) is 40.3 Å². The van der Waals surface area contributed by atoms with Gasteiger partial charge in [0.15, 0.2) is 0 Å². The van der Waals surface area contributed by atoms with Crippen molar-refractivity contribution in [3.63, 3.8) is 0 Å². The van der Waals surface area contributed by atoms with Crippen molar-refractivity contribution in [1.82, 2.24) is 0 Å². The third kappa shape index (κ3) is 3.93. The molecule has 0 aromatic rings. The molecule has 1 unspecified atom stereocenters. The van der Waals surface area contributed by atoms with E-state index in [1.165, 1.54) is 13.8 Å². The summed E-state index contributed by atoms with van der Waals surface area (Å²) in [6, 6.07) is 0. The summed E-state index contributed by atoms with van der Waals surface area (Å²) in [5.41, 5.74) is -10.3. The molecule has 30 heavy (non-hydrogen) atoms. The smallest absolute Gasteiger partial charge is 0.426 e. The molecule has 4 aliphatic carbocycles. The van der Waals surface area contributed by atoms with E-state index < -0.39 is 41.6 Å². The van der Waals surface area contributed by atoms with Crippen molar-refractivity contribution >= 4 is 5.97 Å². The van der Waals surface area contributed by atoms with E-state index in [9.17, 15) is 40.6 Å². The average Bonchev–Trinajstić information content (AvgIpc) is 2.50. The predicted octanol–water partition coefficient (Wildman–Crippen LogP) is 5.35. The predicted molar refractivity (Wildman–Crippen MR) is 91.9 cm³/mol. The van der Waals surface area contributed by atoms with Gasteiger partial charge in [0.05, 0.1) is 0 Å². The number of hydrogen-bond donors (Lipinski definition) is 1. The number of aliphatic hydroxyl groups is 1. The van der Waals surface area contributed by atoms with E-state index in [2.05, 4.69) is 0 Å². The van der Waals surface area contributed by atoms with E-state index in [1.807, 2.05) is 0 Å². The molecule has 4 rings (SSSR count). The van der Waals surface area contributed by atoms with Crippen LogP contribution in [0.15, 0.2) is 0 Å². The van der Waals surface area contributed by atoms with Crippen LogP contribution in [0.3, 0.4) is 0 Å². The van der Waals surface area contributed by atoms with E-state index in [0.717, 1.165) is 32.1 Å². The highest BCUT2D eigenvalue weighted by atomic mass is 19.4. The summed E-state index contributed by atoms with van der Waals surface area (Å²) in [6.07, 6.45) is -10.0. The molecule has 0 aliphatic heterocycles. The zero-order chi connectivity index (χ0) is 22.9. The van der Waals surface area contributed by atoms with Gasteiger partial charge in [-0.2, -0.15) is 26.3 Å². The van der Waals surface area contributed by atoms with E-state index >= 15 is 0 Å². The van der Waals surface area contributed by atoms with Crippen LogP contribution in [0.2, 0.25) is 0 Å². The Morgan fingerprint density at radius 2 is 1.23 bits per heavy atom. The van der Waals surface area contributed by atoms with Gasteiger partial charge < -0.3 is 9.84 Å². The van der Waals surface area contributed by atoms with Gasteiger partial charge in [-0.1, -0.05) is 0 Å². The molecule has 1 atom stereocenters. The maximum Gasteiger partial charge on any atom is 0.426 e. The lowest BCUT2D eigenvalue weighted by atomic mass is 9.49. The molecule has 0 saturated heterocycles. The molecule has 4 aliphatic rings. The Hall–Kier alpha value is -1.06. The summed E-state index contributed by atoms with van der Waals surface area (Å²) in [7, 11) is 0. The third-order valence-electron chi connectivity index (χ3n) is 7.34. The zero-order valence-electron chi connectivity index (χ0n) is 17.0. The van der Waals surface area contributed by atoms with Crippen LogP contribution in [0.5, 0.6) is 0 Å². The Bertz CT molecular complexity index is 639. The highest BCUT2D eigenvalue weighted by molar-refractivity contribution is 5.79. The number of carbonyl (C=O) groups excluding carboxylic acids is 1. The van der Waals surface area contributed by atoms with Crippen LogP contribution in [0.4, 0.5) is 30.7 Å². The first-order valence-corrected chi connectivity index (χ1v) is 10.2. The quantitative estimate of drug-likeness (QED) is 0.455. The Kier molecular flexibility index (Phi) is 5.48. The lowest BCUT2D eigenvalue weighted by molar-refractivity contribution is -0.375. The van der Waals surface area contributed by atoms with Crippen molar-refractivity contribution in [3.8, 4) is 0 Å². The van der Waals surface area contributed by atoms with E-state index in [4.69, 9.17) is 4.74 Å². The largest absolute Gasteiger partial charge is 0.457 e. The van der Waals surface area contributed by atoms with Crippen molar-refractivity contribution in [2.45, 2.75) is 88.5 Å². The Labute approximate surface area is 170 Å². The van der Waals surface area contributed by atoms with Gasteiger partial charge in [0.25, 0.3) is 5.60 Å². The molecule has 4 bridgehead atoms. The monoisotopic (exact) mass is 448 g/mol. The van der Waals surface area contributed by atoms with Crippen molar-refractivity contribution in [1.29, 1.82) is 0 Å². The minimum absolute atomic E-state index is 0.130. The summed E-state index contributed by atoms with van der Waals surface area (Å²) >= 11 is 0. The fraction of sp³-hybridized carbons (Fsp3) is 0.950. The molecule has 174 valence electrons. The minimum Gasteiger partial charge on any atom is -0.457 e. The number of halogens is 7. The summed E-state index contributed by atoms with van der Waals surface area (Å²) in [5, 5.41) is 9.28. The molecule has 0 spiro atoms. The second-order valence-corrected chi connectivity index (χ2v) is 10.2. The molecule has 1 N–H and O–H groups in total. The number of hydrogen-bond acceptors (Lipinski definition) is 3. The van der Waals surface area contributed by atoms with Crippen LogP contribution < -0.4 is 0 Å². The van der Waals surface area contributed by atoms with Gasteiger partial charge in [0.2, 0.25) is 5.67 Å². The Balaban J connectivity index is 1.77. The van der Waals surface area contributed by atoms with Crippen molar-refractivity contribution in [3.05, 3.63) is 0 Å². The topological polar surface area (TPSA) is 46.5 Å². The molecule has 3 nitrogen and oxygen atoms in total. The average molecular weight is 448 g/mol. The molecule has 0 aromatic carbocycles. The number of rotatable bonds is 5. The molecule has 0 amide bonds. The zero-order valence-corrected chi connectivity index (χ0v) is 17.0. The Morgan fingerprint density at radius 1 is 0.833 bits per heavy atom. The number of carbonyl (C=O) groups is 1. The van der Waals surface area contributed by atoms with E-state index in [0.29, 0.717) is 11.8 Å². The maximum atomic E-state index is 14.9. The molecule has 0 radical (unpaired) electrons. The first kappa shape index (κ1) is 23.6. The van der Waals surface area contributed by atoms with E-state index in [-0.39, 0.29) is 24.7 Å². The summed E-state index contributed by atoms with van der Waals surface area (Å²) in [4.78, 5) is 12.4. The fourth-order valence-corrected chi connectivity index (χ4v) is 6.39. The standard InChI is InChI=1S/C20H27F7O3/c1-16(2,14-12-5-10-4-11(7-12)8-13(14)6-10)30-15(28)17(3,21)9-18(29,19(22,23)24)20(25,26)27/h10-14,29H,4-9H2,1-3H3. The highest BCUT2D eigenvalue weighted by Crippen LogP contribution is 2.59. The lowest BCUT2D eigenvalue weighted by Gasteiger charge is -2.58. The van der Waals surface area contributed by atoms with Gasteiger partial charge in [-0.15, -0.1) is 0 Å². The lowest BCUT2D eigenvalue weighted by Crippen LogP contribution is -2.61. The van der Waals surface area contributed by atoms with Gasteiger partial charge in [-0.3, -0.25) is 0 Å². The molecule has 0 aromatic heterocycles. The number of esters is 1. The van der Waals surface area contributed by atoms with Crippen LogP contribution >= 0.6 is 0 Å². The van der Waals surface area contributed by atoms with Crippen molar-refractivity contribution in [2.24, 2.45) is 29.6 Å². The Morgan fingerprint density at radius 3 is 1.60 bits per heavy atom. The van der Waals surface area contributed by atoms with Crippen LogP contribution in [0.1, 0.15) is 59.3 Å². The van der Waals surface area contributed by atoms with Crippen molar-refractivity contribution < 1.29 is 45.4 Å². The first-order chi connectivity index (χ1) is 13.4. The summed E-state index contributed by atoms with van der Waals surface area (Å²) in [6.45, 7) is 3.35.